The number of carbonyl (C=O) groups excluding carboxylic acids is 1. The van der Waals surface area contributed by atoms with Gasteiger partial charge in [0.15, 0.2) is 0 Å². The minimum atomic E-state index is -3.94. The van der Waals surface area contributed by atoms with Gasteiger partial charge in [0.25, 0.3) is 5.91 Å². The van der Waals surface area contributed by atoms with Crippen LogP contribution in [0.5, 0.6) is 0 Å². The summed E-state index contributed by atoms with van der Waals surface area (Å²) in [5, 5.41) is 14.9. The number of fused-ring (bicyclic) bond motifs is 5. The number of nitrogens with one attached hydrogen (secondary N) is 1. The first-order chi connectivity index (χ1) is 21.8. The number of ether oxygens (including phenoxy) is 1. The summed E-state index contributed by atoms with van der Waals surface area (Å²) < 4.78 is 35.9. The first kappa shape index (κ1) is 29.8. The van der Waals surface area contributed by atoms with Gasteiger partial charge in [-0.05, 0) is 72.1 Å². The van der Waals surface area contributed by atoms with E-state index < -0.39 is 16.1 Å². The molecule has 1 aliphatic carbocycles. The van der Waals surface area contributed by atoms with E-state index in [1.54, 1.807) is 10.9 Å². The number of aromatic nitrogens is 5. The number of nitrogens with zero attached hydrogens (tertiary/aromatic N) is 6. The third-order valence-corrected chi connectivity index (χ3v) is 10.9. The molecule has 4 aromatic rings. The Hall–Kier alpha value is -3.87. The number of rotatable bonds is 7. The maximum Gasteiger partial charge on any atom is 0.303 e. The van der Waals surface area contributed by atoms with E-state index in [0.717, 1.165) is 76.5 Å². The minimum absolute atomic E-state index is 0.284. The highest BCUT2D eigenvalue weighted by Gasteiger charge is 2.30. The number of carbonyl (C=O) groups is 1. The number of hydrogen-bond donors (Lipinski definition) is 1. The summed E-state index contributed by atoms with van der Waals surface area (Å²) in [5.41, 5.74) is 6.76. The highest BCUT2D eigenvalue weighted by molar-refractivity contribution is 7.87. The monoisotopic (exact) mass is 629 g/mol. The zero-order valence-corrected chi connectivity index (χ0v) is 26.6. The molecule has 0 unspecified atom stereocenters. The summed E-state index contributed by atoms with van der Waals surface area (Å²) >= 11 is 0. The molecule has 1 amide bonds. The molecule has 45 heavy (non-hydrogen) atoms. The molecule has 12 heteroatoms. The van der Waals surface area contributed by atoms with Crippen LogP contribution >= 0.6 is 0 Å². The van der Waals surface area contributed by atoms with E-state index in [2.05, 4.69) is 49.9 Å². The molecule has 2 aromatic heterocycles. The average molecular weight is 630 g/mol. The fourth-order valence-corrected chi connectivity index (χ4v) is 7.57. The minimum Gasteiger partial charge on any atom is -0.381 e. The highest BCUT2D eigenvalue weighted by atomic mass is 32.2. The fourth-order valence-electron chi connectivity index (χ4n) is 7.03. The highest BCUT2D eigenvalue weighted by Crippen LogP contribution is 2.47. The second-order valence-corrected chi connectivity index (χ2v) is 14.5. The van der Waals surface area contributed by atoms with Crippen molar-refractivity contribution in [1.29, 1.82) is 0 Å². The first-order valence-corrected chi connectivity index (χ1v) is 17.3. The molecule has 0 atom stereocenters. The molecule has 7 rings (SSSR count). The Bertz CT molecular complexity index is 1880. The van der Waals surface area contributed by atoms with Crippen LogP contribution in [0.1, 0.15) is 78.2 Å². The molecule has 1 saturated heterocycles. The van der Waals surface area contributed by atoms with Crippen LogP contribution in [-0.4, -0.2) is 70.7 Å². The van der Waals surface area contributed by atoms with Crippen LogP contribution in [0.2, 0.25) is 0 Å². The lowest BCUT2D eigenvalue weighted by Crippen LogP contribution is -2.39. The number of benzene rings is 2. The van der Waals surface area contributed by atoms with Crippen molar-refractivity contribution in [3.8, 4) is 11.3 Å². The Labute approximate surface area is 263 Å². The standard InChI is InChI=1S/C33H39N7O4S/c1-38(2)45(42,43)36-33(41)25-12-13-28-29(19-25)39-21-26(32-34-37-40(35-32)20-22-14-16-44-17-15-22)18-24-10-6-7-11-27(24)31(39)30(28)23-8-4-3-5-9-23/h6-7,10-13,18-19,22-23H,3-5,8-9,14-17,20-21H2,1-2H3,(H,36,41). The summed E-state index contributed by atoms with van der Waals surface area (Å²) in [6.07, 6.45) is 9.97. The van der Waals surface area contributed by atoms with Crippen molar-refractivity contribution in [1.82, 2.24) is 33.8 Å². The van der Waals surface area contributed by atoms with Gasteiger partial charge in [-0.3, -0.25) is 4.79 Å². The Morgan fingerprint density at radius 3 is 2.60 bits per heavy atom. The summed E-state index contributed by atoms with van der Waals surface area (Å²) in [7, 11) is -1.16. The molecule has 2 aromatic carbocycles. The van der Waals surface area contributed by atoms with Crippen LogP contribution in [-0.2, 0) is 28.0 Å². The van der Waals surface area contributed by atoms with E-state index in [1.807, 2.05) is 12.1 Å². The number of allylic oxidation sites excluding steroid dienone is 1. The van der Waals surface area contributed by atoms with Gasteiger partial charge in [-0.15, -0.1) is 10.2 Å². The Morgan fingerprint density at radius 1 is 1.04 bits per heavy atom. The number of hydrogen-bond acceptors (Lipinski definition) is 7. The van der Waals surface area contributed by atoms with Crippen LogP contribution in [0.15, 0.2) is 42.5 Å². The molecule has 1 N–H and O–H groups in total. The third-order valence-electron chi connectivity index (χ3n) is 9.46. The van der Waals surface area contributed by atoms with E-state index in [-0.39, 0.29) is 5.56 Å². The van der Waals surface area contributed by atoms with Gasteiger partial charge in [-0.25, -0.2) is 4.72 Å². The molecule has 236 valence electrons. The largest absolute Gasteiger partial charge is 0.381 e. The van der Waals surface area contributed by atoms with E-state index >= 15 is 0 Å². The van der Waals surface area contributed by atoms with Gasteiger partial charge in [-0.1, -0.05) is 49.6 Å². The molecule has 2 fully saturated rings. The van der Waals surface area contributed by atoms with Crippen LogP contribution in [0, 0.1) is 5.92 Å². The first-order valence-electron chi connectivity index (χ1n) is 15.8. The van der Waals surface area contributed by atoms with Crippen LogP contribution in [0.25, 0.3) is 33.8 Å². The summed E-state index contributed by atoms with van der Waals surface area (Å²) in [5.74, 6) is 0.766. The SMILES string of the molecule is CN(C)S(=O)(=O)NC(=O)c1ccc2c(C3CCCCC3)c3n(c2c1)CC(c1nnn(CC2CCOCC2)n1)=Cc1ccccc1-3. The summed E-state index contributed by atoms with van der Waals surface area (Å²) in [6, 6.07) is 14.0. The molecule has 0 spiro atoms. The van der Waals surface area contributed by atoms with Crippen molar-refractivity contribution < 1.29 is 17.9 Å². The van der Waals surface area contributed by atoms with Gasteiger partial charge >= 0.3 is 10.2 Å². The smallest absolute Gasteiger partial charge is 0.303 e. The molecule has 1 saturated carbocycles. The topological polar surface area (TPSA) is 124 Å². The van der Waals surface area contributed by atoms with Crippen molar-refractivity contribution >= 4 is 38.7 Å². The molecular weight excluding hydrogens is 590 g/mol. The maximum absolute atomic E-state index is 13.2. The van der Waals surface area contributed by atoms with Crippen LogP contribution in [0.3, 0.4) is 0 Å². The van der Waals surface area contributed by atoms with E-state index in [9.17, 15) is 13.2 Å². The van der Waals surface area contributed by atoms with Crippen LogP contribution < -0.4 is 4.72 Å². The zero-order valence-electron chi connectivity index (χ0n) is 25.8. The molecule has 0 radical (unpaired) electrons. The quantitative estimate of drug-likeness (QED) is 0.310. The van der Waals surface area contributed by atoms with Crippen molar-refractivity contribution in [3.05, 3.63) is 65.0 Å². The van der Waals surface area contributed by atoms with Gasteiger partial charge in [0.1, 0.15) is 0 Å². The third kappa shape index (κ3) is 5.82. The fraction of sp³-hybridized carbons (Fsp3) is 0.455. The molecule has 11 nitrogen and oxygen atoms in total. The van der Waals surface area contributed by atoms with Crippen molar-refractivity contribution in [2.75, 3.05) is 27.3 Å². The second kappa shape index (κ2) is 12.1. The van der Waals surface area contributed by atoms with E-state index in [4.69, 9.17) is 9.84 Å². The molecule has 3 aliphatic rings. The predicted octanol–water partition coefficient (Wildman–Crippen LogP) is 4.86. The molecule has 2 aliphatic heterocycles. The lowest BCUT2D eigenvalue weighted by molar-refractivity contribution is 0.0585. The maximum atomic E-state index is 13.2. The molecule has 4 heterocycles. The molecule has 0 bridgehead atoms. The lowest BCUT2D eigenvalue weighted by Gasteiger charge is -2.24. The average Bonchev–Trinajstić information content (AvgIpc) is 3.59. The number of amides is 1. The Balaban J connectivity index is 1.35. The van der Waals surface area contributed by atoms with E-state index in [1.165, 1.54) is 38.9 Å². The summed E-state index contributed by atoms with van der Waals surface area (Å²) in [6.45, 7) is 2.72. The van der Waals surface area contributed by atoms with Gasteiger partial charge in [0.05, 0.1) is 18.8 Å². The zero-order chi connectivity index (χ0) is 31.1. The lowest BCUT2D eigenvalue weighted by atomic mass is 9.81. The van der Waals surface area contributed by atoms with Crippen LogP contribution in [0.4, 0.5) is 0 Å². The van der Waals surface area contributed by atoms with Crippen molar-refractivity contribution in [2.24, 2.45) is 5.92 Å². The summed E-state index contributed by atoms with van der Waals surface area (Å²) in [4.78, 5) is 14.9. The van der Waals surface area contributed by atoms with Crippen molar-refractivity contribution in [2.45, 2.75) is 64.0 Å². The Morgan fingerprint density at radius 2 is 1.82 bits per heavy atom. The van der Waals surface area contributed by atoms with Gasteiger partial charge in [0, 0.05) is 54.9 Å². The number of tetrazole rings is 1. The van der Waals surface area contributed by atoms with Gasteiger partial charge in [-0.2, -0.15) is 17.5 Å². The normalized spacial score (nSPS) is 18.0. The van der Waals surface area contributed by atoms with Crippen molar-refractivity contribution in [3.63, 3.8) is 0 Å². The molecular formula is C33H39N7O4S. The van der Waals surface area contributed by atoms with Gasteiger partial charge < -0.3 is 9.30 Å². The van der Waals surface area contributed by atoms with E-state index in [0.29, 0.717) is 30.7 Å². The Kier molecular flexibility index (Phi) is 8.05. The predicted molar refractivity (Wildman–Crippen MR) is 173 cm³/mol. The van der Waals surface area contributed by atoms with Gasteiger partial charge in [0.2, 0.25) is 5.82 Å². The second-order valence-electron chi connectivity index (χ2n) is 12.6.